The van der Waals surface area contributed by atoms with Gasteiger partial charge in [-0.05, 0) is 0 Å². The molecule has 0 fully saturated rings. The standard InChI is InChI=1S/2C7H9N5O.2H3N.Pt/c2*1-11-3-12(2)5-4(11)6(13)10-7(8)9-5;;;/h2*3H,1-2H3,(H2-,8,9,10,13);2*1H3;/q;;;;+4. The minimum absolute atomic E-state index is 0. The normalized spacial score (nSPS) is 9.79. The van der Waals surface area contributed by atoms with Gasteiger partial charge >= 0.3 is 21.1 Å². The van der Waals surface area contributed by atoms with Gasteiger partial charge in [0.25, 0.3) is 0 Å². The molecule has 0 spiro atoms. The molecule has 29 heavy (non-hydrogen) atoms. The third-order valence-electron chi connectivity index (χ3n) is 3.77. The zero-order chi connectivity index (χ0) is 19.2. The Kier molecular flexibility index (Phi) is 8.40. The molecular formula is C14H24N12O2Pt+4. The summed E-state index contributed by atoms with van der Waals surface area (Å²) < 4.78 is 6.82. The average molecular weight is 588 g/mol. The van der Waals surface area contributed by atoms with E-state index in [0.29, 0.717) is 22.3 Å². The van der Waals surface area contributed by atoms with Crippen molar-refractivity contribution < 1.29 is 30.2 Å². The summed E-state index contributed by atoms with van der Waals surface area (Å²) in [6.45, 7) is 0. The predicted molar refractivity (Wildman–Crippen MR) is 102 cm³/mol. The van der Waals surface area contributed by atoms with Crippen molar-refractivity contribution in [3.63, 3.8) is 0 Å². The molecule has 0 amide bonds. The van der Waals surface area contributed by atoms with Gasteiger partial charge in [-0.2, -0.15) is 0 Å². The second-order valence-corrected chi connectivity index (χ2v) is 5.79. The Morgan fingerprint density at radius 1 is 0.828 bits per heavy atom. The molecule has 0 unspecified atom stereocenters. The molecule has 4 heterocycles. The molecule has 0 aliphatic heterocycles. The number of hydrogen-bond donors (Lipinski definition) is 4. The van der Waals surface area contributed by atoms with Crippen LogP contribution >= 0.6 is 0 Å². The van der Waals surface area contributed by atoms with Crippen LogP contribution in [0, 0.1) is 0 Å². The SMILES string of the molecule is Cn1c[n+](C)c2nc(N)[n-]c(=O)c21.Cn1c[n+](C)c2nc(N)[n-]c(=O)c21.N.N.[Pt+4]. The van der Waals surface area contributed by atoms with Gasteiger partial charge in [0.2, 0.25) is 11.1 Å². The van der Waals surface area contributed by atoms with Crippen LogP contribution in [0.5, 0.6) is 0 Å². The van der Waals surface area contributed by atoms with Crippen LogP contribution in [0.25, 0.3) is 22.3 Å². The van der Waals surface area contributed by atoms with Gasteiger partial charge in [0, 0.05) is 11.9 Å². The molecular weight excluding hydrogens is 563 g/mol. The molecule has 4 aromatic heterocycles. The van der Waals surface area contributed by atoms with E-state index in [2.05, 4.69) is 19.9 Å². The second-order valence-electron chi connectivity index (χ2n) is 5.79. The first kappa shape index (κ1) is 25.9. The zero-order valence-corrected chi connectivity index (χ0v) is 18.7. The van der Waals surface area contributed by atoms with E-state index in [9.17, 15) is 9.59 Å². The Labute approximate surface area is 179 Å². The summed E-state index contributed by atoms with van der Waals surface area (Å²) in [5.74, 6) is 0.0265. The molecule has 0 aromatic carbocycles. The van der Waals surface area contributed by atoms with Crippen molar-refractivity contribution in [2.75, 3.05) is 11.5 Å². The monoisotopic (exact) mass is 587 g/mol. The number of fused-ring (bicyclic) bond motifs is 2. The molecule has 0 bridgehead atoms. The van der Waals surface area contributed by atoms with E-state index in [-0.39, 0.29) is 56.4 Å². The fourth-order valence-corrected chi connectivity index (χ4v) is 2.73. The van der Waals surface area contributed by atoms with Gasteiger partial charge in [-0.1, -0.05) is 0 Å². The molecule has 4 aromatic rings. The van der Waals surface area contributed by atoms with Crippen LogP contribution in [-0.2, 0) is 49.3 Å². The van der Waals surface area contributed by atoms with Crippen molar-refractivity contribution >= 4 is 34.2 Å². The maximum atomic E-state index is 11.4. The molecule has 0 saturated heterocycles. The van der Waals surface area contributed by atoms with Crippen molar-refractivity contribution in [1.82, 2.24) is 41.4 Å². The third kappa shape index (κ3) is 4.67. The molecule has 4 rings (SSSR count). The van der Waals surface area contributed by atoms with Crippen LogP contribution in [0.3, 0.4) is 0 Å². The summed E-state index contributed by atoms with van der Waals surface area (Å²) in [6, 6.07) is 0. The summed E-state index contributed by atoms with van der Waals surface area (Å²) in [5, 5.41) is 0. The number of imidazole rings is 2. The van der Waals surface area contributed by atoms with Crippen molar-refractivity contribution in [3.05, 3.63) is 33.4 Å². The Morgan fingerprint density at radius 3 is 1.45 bits per heavy atom. The molecule has 158 valence electrons. The third-order valence-corrected chi connectivity index (χ3v) is 3.77. The average Bonchev–Trinajstić information content (AvgIpc) is 2.96. The number of aromatic nitrogens is 8. The first-order valence-corrected chi connectivity index (χ1v) is 7.49. The molecule has 0 atom stereocenters. The van der Waals surface area contributed by atoms with Gasteiger partial charge < -0.3 is 43.7 Å². The largest absolute Gasteiger partial charge is 4.00 e. The van der Waals surface area contributed by atoms with Gasteiger partial charge in [0.05, 0.1) is 28.2 Å². The van der Waals surface area contributed by atoms with Gasteiger partial charge in [0.1, 0.15) is 0 Å². The van der Waals surface area contributed by atoms with Crippen molar-refractivity contribution in [3.8, 4) is 0 Å². The van der Waals surface area contributed by atoms with Crippen LogP contribution < -0.4 is 54.0 Å². The summed E-state index contributed by atoms with van der Waals surface area (Å²) in [4.78, 5) is 37.8. The van der Waals surface area contributed by atoms with E-state index in [1.165, 1.54) is 0 Å². The molecule has 0 saturated carbocycles. The molecule has 0 aliphatic rings. The minimum atomic E-state index is -0.342. The van der Waals surface area contributed by atoms with Crippen molar-refractivity contribution in [1.29, 1.82) is 0 Å². The maximum Gasteiger partial charge on any atom is 4.00 e. The molecule has 0 radical (unpaired) electrons. The Bertz CT molecular complexity index is 1150. The minimum Gasteiger partial charge on any atom is -0.453 e. The Hall–Kier alpha value is -3.09. The fourth-order valence-electron chi connectivity index (χ4n) is 2.73. The smallest absolute Gasteiger partial charge is 0.453 e. The van der Waals surface area contributed by atoms with Gasteiger partial charge in [0.15, 0.2) is 35.0 Å². The van der Waals surface area contributed by atoms with E-state index in [0.717, 1.165) is 0 Å². The Morgan fingerprint density at radius 2 is 1.14 bits per heavy atom. The number of aryl methyl sites for hydroxylation is 4. The van der Waals surface area contributed by atoms with Gasteiger partial charge in [-0.25, -0.2) is 0 Å². The predicted octanol–water partition coefficient (Wildman–Crippen LogP) is -3.08. The second kappa shape index (κ2) is 9.40. The quantitative estimate of drug-likeness (QED) is 0.152. The van der Waals surface area contributed by atoms with Crippen molar-refractivity contribution in [2.24, 2.45) is 28.2 Å². The van der Waals surface area contributed by atoms with Crippen LogP contribution in [0.2, 0.25) is 0 Å². The van der Waals surface area contributed by atoms with E-state index < -0.39 is 0 Å². The summed E-state index contributed by atoms with van der Waals surface area (Å²) >= 11 is 0. The number of rotatable bonds is 0. The number of hydrogen-bond acceptors (Lipinski definition) is 8. The van der Waals surface area contributed by atoms with Crippen molar-refractivity contribution in [2.45, 2.75) is 0 Å². The summed E-state index contributed by atoms with van der Waals surface area (Å²) in [7, 11) is 7.13. The van der Waals surface area contributed by atoms with Crippen LogP contribution in [0.1, 0.15) is 0 Å². The van der Waals surface area contributed by atoms with Crippen LogP contribution in [-0.4, -0.2) is 19.1 Å². The van der Waals surface area contributed by atoms with Gasteiger partial charge in [-0.15, -0.1) is 0 Å². The topological polar surface area (TPSA) is 228 Å². The molecule has 10 N–H and O–H groups in total. The van der Waals surface area contributed by atoms with E-state index in [1.807, 2.05) is 0 Å². The number of nitrogen functional groups attached to an aromatic ring is 2. The number of anilines is 2. The number of nitrogens with two attached hydrogens (primary N) is 2. The van der Waals surface area contributed by atoms with E-state index in [4.69, 9.17) is 11.5 Å². The van der Waals surface area contributed by atoms with Gasteiger partial charge in [-0.3, -0.25) is 27.9 Å². The number of nitrogens with zero attached hydrogens (tertiary/aromatic N) is 8. The molecule has 14 nitrogen and oxygen atoms in total. The van der Waals surface area contributed by atoms with E-state index in [1.54, 1.807) is 59.1 Å². The fraction of sp³-hybridized carbons (Fsp3) is 0.286. The Balaban J connectivity index is 0.000000490. The van der Waals surface area contributed by atoms with Crippen LogP contribution in [0.4, 0.5) is 11.9 Å². The molecule has 15 heteroatoms. The maximum absolute atomic E-state index is 11.4. The van der Waals surface area contributed by atoms with Crippen LogP contribution in [0.15, 0.2) is 22.2 Å². The first-order chi connectivity index (χ1) is 12.2. The zero-order valence-electron chi connectivity index (χ0n) is 16.4. The summed E-state index contributed by atoms with van der Waals surface area (Å²) in [6.07, 6.45) is 3.50. The molecule has 0 aliphatic carbocycles. The summed E-state index contributed by atoms with van der Waals surface area (Å²) in [5.41, 5.74) is 12.1. The first-order valence-electron chi connectivity index (χ1n) is 7.49. The van der Waals surface area contributed by atoms with E-state index >= 15 is 0 Å².